The number of amides is 6. The van der Waals surface area contributed by atoms with Gasteiger partial charge in [0.15, 0.2) is 6.61 Å². The molecule has 0 bridgehead atoms. The fourth-order valence-electron chi connectivity index (χ4n) is 6.73. The second-order valence-corrected chi connectivity index (χ2v) is 14.9. The number of halogens is 1. The van der Waals surface area contributed by atoms with Gasteiger partial charge in [0.2, 0.25) is 11.8 Å². The lowest BCUT2D eigenvalue weighted by atomic mass is 10.0. The molecular weight excluding hydrogens is 838 g/mol. The average Bonchev–Trinajstić information content (AvgIpc) is 4.08. The van der Waals surface area contributed by atoms with Gasteiger partial charge in [-0.05, 0) is 49.6 Å². The minimum absolute atomic E-state index is 0.00387. The van der Waals surface area contributed by atoms with E-state index in [0.29, 0.717) is 29.5 Å². The molecular formula is C43H48FN9O11. The molecule has 21 heteroatoms. The fourth-order valence-corrected chi connectivity index (χ4v) is 6.73. The van der Waals surface area contributed by atoms with Crippen molar-refractivity contribution < 1.29 is 56.8 Å². The standard InChI is InChI=1S/C43H48FN9O11/c44-27(22-48-40(56)30-23-47-36(20-32(30)49-28-5-6-28)51-35-8-4-26-21-45-11-10-31(26)50-35)24-63-19-18-62-17-16-61-15-14-60-13-12-46-38(55)25-64-34-3-1-2-29-39(34)43(59)53(42(29)58)33-7-9-37(54)52-41(33)57/h1-4,8,10-11,20-21,23,27-28,33H,5-7,9,12-19,22,24-25H2,(H,46,55)(H,48,56)(H,52,54,57)(H2,47,49,50,51). The van der Waals surface area contributed by atoms with E-state index in [0.717, 1.165) is 28.6 Å². The van der Waals surface area contributed by atoms with E-state index in [1.54, 1.807) is 18.5 Å². The van der Waals surface area contributed by atoms with Crippen molar-refractivity contribution in [3.63, 3.8) is 0 Å². The lowest BCUT2D eigenvalue weighted by molar-refractivity contribution is -0.136. The van der Waals surface area contributed by atoms with Crippen LogP contribution in [-0.4, -0.2) is 146 Å². The summed E-state index contributed by atoms with van der Waals surface area (Å²) in [6, 6.07) is 10.8. The topological polar surface area (TPSA) is 251 Å². The number of nitrogens with zero attached hydrogens (tertiary/aromatic N) is 4. The Morgan fingerprint density at radius 2 is 1.62 bits per heavy atom. The summed E-state index contributed by atoms with van der Waals surface area (Å²) >= 11 is 0. The highest BCUT2D eigenvalue weighted by Gasteiger charge is 2.46. The minimum Gasteiger partial charge on any atom is -0.483 e. The Morgan fingerprint density at radius 1 is 0.859 bits per heavy atom. The zero-order valence-corrected chi connectivity index (χ0v) is 34.8. The summed E-state index contributed by atoms with van der Waals surface area (Å²) in [5.41, 5.74) is 1.67. The summed E-state index contributed by atoms with van der Waals surface area (Å²) in [7, 11) is 0. The number of ether oxygens (including phenoxy) is 5. The van der Waals surface area contributed by atoms with Gasteiger partial charge in [-0.15, -0.1) is 0 Å². The molecule has 3 aliphatic rings. The number of fused-ring (bicyclic) bond motifs is 2. The summed E-state index contributed by atoms with van der Waals surface area (Å²) in [6.45, 7) is 0.965. The van der Waals surface area contributed by atoms with Gasteiger partial charge >= 0.3 is 0 Å². The second-order valence-electron chi connectivity index (χ2n) is 14.9. The van der Waals surface area contributed by atoms with Gasteiger partial charge in [0, 0.05) is 49.1 Å². The molecule has 7 rings (SSSR count). The van der Waals surface area contributed by atoms with Crippen LogP contribution < -0.4 is 31.3 Å². The predicted molar refractivity (Wildman–Crippen MR) is 226 cm³/mol. The molecule has 2 aliphatic heterocycles. The second kappa shape index (κ2) is 22.1. The van der Waals surface area contributed by atoms with Crippen LogP contribution in [0.2, 0.25) is 0 Å². The van der Waals surface area contributed by atoms with Crippen molar-refractivity contribution in [3.05, 3.63) is 77.7 Å². The smallest absolute Gasteiger partial charge is 0.266 e. The summed E-state index contributed by atoms with van der Waals surface area (Å²) in [6.07, 6.45) is 5.42. The molecule has 6 amide bonds. The van der Waals surface area contributed by atoms with Gasteiger partial charge in [0.25, 0.3) is 23.6 Å². The van der Waals surface area contributed by atoms with Crippen LogP contribution in [0.25, 0.3) is 10.9 Å². The van der Waals surface area contributed by atoms with Crippen molar-refractivity contribution in [2.45, 2.75) is 43.9 Å². The van der Waals surface area contributed by atoms with E-state index >= 15 is 0 Å². The third kappa shape index (κ3) is 12.3. The Bertz CT molecular complexity index is 2350. The minimum atomic E-state index is -1.44. The van der Waals surface area contributed by atoms with Crippen molar-refractivity contribution in [1.82, 2.24) is 35.8 Å². The number of hydrogen-bond donors (Lipinski definition) is 5. The molecule has 338 valence electrons. The molecule has 2 fully saturated rings. The molecule has 0 spiro atoms. The number of imide groups is 2. The number of nitrogens with one attached hydrogen (secondary N) is 5. The molecule has 1 saturated heterocycles. The van der Waals surface area contributed by atoms with Crippen molar-refractivity contribution in [2.24, 2.45) is 0 Å². The summed E-state index contributed by atoms with van der Waals surface area (Å²) in [5.74, 6) is -2.44. The number of alkyl halides is 1. The molecule has 2 atom stereocenters. The van der Waals surface area contributed by atoms with Crippen LogP contribution >= 0.6 is 0 Å². The third-order valence-corrected chi connectivity index (χ3v) is 10.1. The van der Waals surface area contributed by atoms with Crippen LogP contribution in [0.15, 0.2) is 61.1 Å². The van der Waals surface area contributed by atoms with E-state index in [2.05, 4.69) is 41.5 Å². The number of anilines is 3. The molecule has 5 N–H and O–H groups in total. The Hall–Kier alpha value is -6.68. The molecule has 1 aromatic carbocycles. The molecule has 64 heavy (non-hydrogen) atoms. The number of hydrogen-bond acceptors (Lipinski definition) is 16. The number of carbonyl (C=O) groups excluding carboxylic acids is 6. The predicted octanol–water partition coefficient (Wildman–Crippen LogP) is 2.07. The Balaban J connectivity index is 0.690. The first-order chi connectivity index (χ1) is 31.1. The van der Waals surface area contributed by atoms with Gasteiger partial charge in [-0.25, -0.2) is 14.4 Å². The van der Waals surface area contributed by atoms with E-state index in [1.807, 2.05) is 18.2 Å². The average molecular weight is 886 g/mol. The van der Waals surface area contributed by atoms with Crippen LogP contribution in [0.4, 0.5) is 21.7 Å². The van der Waals surface area contributed by atoms with Gasteiger partial charge in [0.05, 0.1) is 87.3 Å². The molecule has 1 saturated carbocycles. The van der Waals surface area contributed by atoms with Crippen LogP contribution in [-0.2, 0) is 33.3 Å². The van der Waals surface area contributed by atoms with E-state index in [-0.39, 0.29) is 95.1 Å². The van der Waals surface area contributed by atoms with Crippen molar-refractivity contribution in [2.75, 3.05) is 83.2 Å². The van der Waals surface area contributed by atoms with Crippen LogP contribution in [0.3, 0.4) is 0 Å². The number of pyridine rings is 3. The maximum atomic E-state index is 14.6. The van der Waals surface area contributed by atoms with Crippen LogP contribution in [0.1, 0.15) is 56.8 Å². The number of piperidine rings is 1. The van der Waals surface area contributed by atoms with E-state index in [4.69, 9.17) is 23.7 Å². The van der Waals surface area contributed by atoms with Crippen molar-refractivity contribution in [1.29, 1.82) is 0 Å². The summed E-state index contributed by atoms with van der Waals surface area (Å²) < 4.78 is 41.9. The fraction of sp³-hybridized carbons (Fsp3) is 0.419. The number of rotatable bonds is 25. The molecule has 3 aromatic heterocycles. The molecule has 0 radical (unpaired) electrons. The molecule has 5 heterocycles. The zero-order valence-electron chi connectivity index (χ0n) is 34.8. The molecule has 1 aliphatic carbocycles. The lowest BCUT2D eigenvalue weighted by Gasteiger charge is -2.27. The SMILES string of the molecule is O=C(COc1cccc2c1C(=O)N(C1CCC(=O)NC1=O)C2=O)NCCOCCOCCOCCOCC(F)CNC(=O)c1cnc(Nc2ccc3cnccc3n2)cc1NC1CC1. The van der Waals surface area contributed by atoms with Gasteiger partial charge in [-0.3, -0.25) is 44.0 Å². The normalized spacial score (nSPS) is 16.3. The van der Waals surface area contributed by atoms with Crippen LogP contribution in [0, 0.1) is 0 Å². The van der Waals surface area contributed by atoms with Crippen molar-refractivity contribution >= 4 is 63.7 Å². The van der Waals surface area contributed by atoms with E-state index < -0.39 is 54.3 Å². The first kappa shape index (κ1) is 45.3. The quantitative estimate of drug-likeness (QED) is 0.0472. The molecule has 20 nitrogen and oxygen atoms in total. The zero-order chi connectivity index (χ0) is 44.8. The van der Waals surface area contributed by atoms with Gasteiger partial charge in [-0.1, -0.05) is 6.07 Å². The van der Waals surface area contributed by atoms with Crippen LogP contribution in [0.5, 0.6) is 5.75 Å². The lowest BCUT2D eigenvalue weighted by Crippen LogP contribution is -2.54. The first-order valence-electron chi connectivity index (χ1n) is 20.9. The number of aromatic nitrogens is 3. The Kier molecular flexibility index (Phi) is 15.7. The van der Waals surface area contributed by atoms with Crippen molar-refractivity contribution in [3.8, 4) is 5.75 Å². The maximum Gasteiger partial charge on any atom is 0.266 e. The molecule has 2 unspecified atom stereocenters. The van der Waals surface area contributed by atoms with Gasteiger partial charge in [-0.2, -0.15) is 0 Å². The number of benzene rings is 1. The Morgan fingerprint density at radius 3 is 2.39 bits per heavy atom. The van der Waals surface area contributed by atoms with E-state index in [1.165, 1.54) is 24.4 Å². The monoisotopic (exact) mass is 885 g/mol. The highest BCUT2D eigenvalue weighted by Crippen LogP contribution is 2.34. The van der Waals surface area contributed by atoms with Gasteiger partial charge < -0.3 is 45.0 Å². The first-order valence-corrected chi connectivity index (χ1v) is 20.9. The highest BCUT2D eigenvalue weighted by atomic mass is 19.1. The third-order valence-electron chi connectivity index (χ3n) is 10.1. The maximum absolute atomic E-state index is 14.6. The number of carbonyl (C=O) groups is 6. The van der Waals surface area contributed by atoms with E-state index in [9.17, 15) is 33.2 Å². The Labute approximate surface area is 366 Å². The van der Waals surface area contributed by atoms with Gasteiger partial charge in [0.1, 0.15) is 29.6 Å². The summed E-state index contributed by atoms with van der Waals surface area (Å²) in [4.78, 5) is 89.3. The largest absolute Gasteiger partial charge is 0.483 e. The summed E-state index contributed by atoms with van der Waals surface area (Å²) in [5, 5.41) is 14.8. The molecule has 4 aromatic rings. The highest BCUT2D eigenvalue weighted by molar-refractivity contribution is 6.24.